The first-order valence-corrected chi connectivity index (χ1v) is 8.69. The van der Waals surface area contributed by atoms with Gasteiger partial charge >= 0.3 is 0 Å². The maximum Gasteiger partial charge on any atom is 0.175 e. The van der Waals surface area contributed by atoms with Crippen molar-refractivity contribution in [2.45, 2.75) is 24.2 Å². The van der Waals surface area contributed by atoms with Crippen LogP contribution in [0.3, 0.4) is 0 Å². The van der Waals surface area contributed by atoms with Crippen molar-refractivity contribution in [3.8, 4) is 0 Å². The molecule has 5 heteroatoms. The highest BCUT2D eigenvalue weighted by atomic mass is 32.2. The summed E-state index contributed by atoms with van der Waals surface area (Å²) >= 11 is 0. The van der Waals surface area contributed by atoms with Crippen LogP contribution in [-0.4, -0.2) is 34.3 Å². The van der Waals surface area contributed by atoms with E-state index < -0.39 is 9.84 Å². The Morgan fingerprint density at radius 2 is 2.05 bits per heavy atom. The van der Waals surface area contributed by atoms with E-state index in [0.29, 0.717) is 4.90 Å². The predicted octanol–water partition coefficient (Wildman–Crippen LogP) is 1.89. The van der Waals surface area contributed by atoms with Crippen LogP contribution in [0.5, 0.6) is 0 Å². The number of rotatable bonds is 5. The van der Waals surface area contributed by atoms with Crippen molar-refractivity contribution in [2.75, 3.05) is 31.2 Å². The topological polar surface area (TPSA) is 58.2 Å². The van der Waals surface area contributed by atoms with Gasteiger partial charge in [0.05, 0.1) is 4.90 Å². The molecule has 0 radical (unpaired) electrons. The fourth-order valence-corrected chi connectivity index (χ4v) is 3.04. The predicted molar refractivity (Wildman–Crippen MR) is 78.3 cm³/mol. The Balaban J connectivity index is 1.80. The van der Waals surface area contributed by atoms with E-state index >= 15 is 0 Å². The van der Waals surface area contributed by atoms with E-state index in [9.17, 15) is 8.42 Å². The van der Waals surface area contributed by atoms with Crippen molar-refractivity contribution in [2.24, 2.45) is 5.92 Å². The summed E-state index contributed by atoms with van der Waals surface area (Å²) in [4.78, 5) is 0.370. The van der Waals surface area contributed by atoms with Gasteiger partial charge in [-0.25, -0.2) is 8.42 Å². The quantitative estimate of drug-likeness (QED) is 0.866. The normalized spacial score (nSPS) is 20.2. The van der Waals surface area contributed by atoms with Gasteiger partial charge in [-0.15, -0.1) is 0 Å². The number of benzene rings is 1. The maximum atomic E-state index is 11.3. The molecule has 1 aromatic carbocycles. The molecular formula is C14H22N2O2S. The molecule has 0 amide bonds. The van der Waals surface area contributed by atoms with Crippen LogP contribution in [0.15, 0.2) is 29.2 Å². The molecule has 1 aliphatic heterocycles. The lowest BCUT2D eigenvalue weighted by molar-refractivity contribution is 0.364. The average molecular weight is 282 g/mol. The molecule has 1 aliphatic rings. The zero-order chi connectivity index (χ0) is 13.7. The smallest absolute Gasteiger partial charge is 0.175 e. The van der Waals surface area contributed by atoms with E-state index in [1.807, 2.05) is 12.1 Å². The van der Waals surface area contributed by atoms with Gasteiger partial charge < -0.3 is 10.6 Å². The molecule has 0 bridgehead atoms. The molecule has 1 aromatic rings. The van der Waals surface area contributed by atoms with E-state index in [-0.39, 0.29) is 0 Å². The van der Waals surface area contributed by atoms with Gasteiger partial charge in [0.25, 0.3) is 0 Å². The molecule has 4 nitrogen and oxygen atoms in total. The molecule has 1 saturated heterocycles. The molecule has 1 heterocycles. The Hall–Kier alpha value is -1.07. The largest absolute Gasteiger partial charge is 0.385 e. The minimum atomic E-state index is -3.09. The molecule has 0 saturated carbocycles. The number of sulfone groups is 1. The van der Waals surface area contributed by atoms with Gasteiger partial charge in [-0.05, 0) is 62.5 Å². The standard InChI is InChI=1S/C14H22N2O2S/c1-19(17,18)14-6-4-13(5-7-14)16-10-8-12-3-2-9-15-11-12/h4-7,12,15-16H,2-3,8-11H2,1H3. The molecule has 0 aliphatic carbocycles. The number of piperidine rings is 1. The summed E-state index contributed by atoms with van der Waals surface area (Å²) in [5, 5.41) is 6.76. The van der Waals surface area contributed by atoms with Crippen molar-refractivity contribution in [3.63, 3.8) is 0 Å². The van der Waals surface area contributed by atoms with E-state index in [1.54, 1.807) is 12.1 Å². The third-order valence-corrected chi connectivity index (χ3v) is 4.69. The van der Waals surface area contributed by atoms with E-state index in [4.69, 9.17) is 0 Å². The highest BCUT2D eigenvalue weighted by Gasteiger charge is 2.12. The fourth-order valence-electron chi connectivity index (χ4n) is 2.41. The highest BCUT2D eigenvalue weighted by Crippen LogP contribution is 2.16. The summed E-state index contributed by atoms with van der Waals surface area (Å²) < 4.78 is 22.7. The number of hydrogen-bond donors (Lipinski definition) is 2. The lowest BCUT2D eigenvalue weighted by Gasteiger charge is -2.22. The summed E-state index contributed by atoms with van der Waals surface area (Å²) in [6.45, 7) is 3.20. The lowest BCUT2D eigenvalue weighted by atomic mass is 9.96. The Kier molecular flexibility index (Phi) is 4.82. The molecule has 0 aromatic heterocycles. The SMILES string of the molecule is CS(=O)(=O)c1ccc(NCCC2CCCNC2)cc1. The van der Waals surface area contributed by atoms with Gasteiger partial charge in [0, 0.05) is 18.5 Å². The van der Waals surface area contributed by atoms with Crippen LogP contribution < -0.4 is 10.6 Å². The van der Waals surface area contributed by atoms with Crippen LogP contribution in [0.4, 0.5) is 5.69 Å². The average Bonchev–Trinajstić information content (AvgIpc) is 2.39. The summed E-state index contributed by atoms with van der Waals surface area (Å²) in [5.41, 5.74) is 0.983. The summed E-state index contributed by atoms with van der Waals surface area (Å²) in [5.74, 6) is 0.761. The van der Waals surface area contributed by atoms with Crippen LogP contribution in [0.2, 0.25) is 0 Å². The first-order valence-electron chi connectivity index (χ1n) is 6.80. The Bertz CT molecular complexity index is 491. The number of nitrogens with one attached hydrogen (secondary N) is 2. The van der Waals surface area contributed by atoms with E-state index in [0.717, 1.165) is 37.7 Å². The maximum absolute atomic E-state index is 11.3. The minimum absolute atomic E-state index is 0.370. The monoisotopic (exact) mass is 282 g/mol. The second-order valence-electron chi connectivity index (χ2n) is 5.22. The van der Waals surface area contributed by atoms with Gasteiger partial charge in [-0.1, -0.05) is 0 Å². The van der Waals surface area contributed by atoms with Crippen molar-refractivity contribution in [1.29, 1.82) is 0 Å². The molecule has 0 spiro atoms. The van der Waals surface area contributed by atoms with Crippen LogP contribution in [0, 0.1) is 5.92 Å². The molecule has 2 N–H and O–H groups in total. The van der Waals surface area contributed by atoms with Gasteiger partial charge in [0.15, 0.2) is 9.84 Å². The molecule has 1 fully saturated rings. The second-order valence-corrected chi connectivity index (χ2v) is 7.24. The first-order chi connectivity index (χ1) is 9.05. The third kappa shape index (κ3) is 4.51. The fraction of sp³-hybridized carbons (Fsp3) is 0.571. The Morgan fingerprint density at radius 3 is 2.63 bits per heavy atom. The van der Waals surface area contributed by atoms with Crippen molar-refractivity contribution in [1.82, 2.24) is 5.32 Å². The van der Waals surface area contributed by atoms with Crippen LogP contribution in [0.1, 0.15) is 19.3 Å². The van der Waals surface area contributed by atoms with Gasteiger partial charge in [0.2, 0.25) is 0 Å². The van der Waals surface area contributed by atoms with Crippen LogP contribution >= 0.6 is 0 Å². The zero-order valence-corrected chi connectivity index (χ0v) is 12.2. The third-order valence-electron chi connectivity index (χ3n) is 3.56. The molecule has 1 unspecified atom stereocenters. The second kappa shape index (κ2) is 6.39. The molecule has 19 heavy (non-hydrogen) atoms. The molecule has 106 valence electrons. The van der Waals surface area contributed by atoms with Crippen molar-refractivity contribution in [3.05, 3.63) is 24.3 Å². The Morgan fingerprint density at radius 1 is 1.32 bits per heavy atom. The summed E-state index contributed by atoms with van der Waals surface area (Å²) in [7, 11) is -3.09. The number of hydrogen-bond acceptors (Lipinski definition) is 4. The van der Waals surface area contributed by atoms with Gasteiger partial charge in [-0.2, -0.15) is 0 Å². The summed E-state index contributed by atoms with van der Waals surface area (Å²) in [6, 6.07) is 6.96. The molecular weight excluding hydrogens is 260 g/mol. The highest BCUT2D eigenvalue weighted by molar-refractivity contribution is 7.90. The van der Waals surface area contributed by atoms with Crippen LogP contribution in [0.25, 0.3) is 0 Å². The lowest BCUT2D eigenvalue weighted by Crippen LogP contribution is -2.30. The van der Waals surface area contributed by atoms with E-state index in [1.165, 1.54) is 19.1 Å². The molecule has 1 atom stereocenters. The molecule has 2 rings (SSSR count). The van der Waals surface area contributed by atoms with Crippen LogP contribution in [-0.2, 0) is 9.84 Å². The minimum Gasteiger partial charge on any atom is -0.385 e. The van der Waals surface area contributed by atoms with E-state index in [2.05, 4.69) is 10.6 Å². The van der Waals surface area contributed by atoms with Gasteiger partial charge in [-0.3, -0.25) is 0 Å². The first kappa shape index (κ1) is 14.3. The Labute approximate surface area is 115 Å². The van der Waals surface area contributed by atoms with Crippen molar-refractivity contribution < 1.29 is 8.42 Å². The summed E-state index contributed by atoms with van der Waals surface area (Å²) in [6.07, 6.45) is 4.96. The number of anilines is 1. The zero-order valence-electron chi connectivity index (χ0n) is 11.4. The van der Waals surface area contributed by atoms with Crippen molar-refractivity contribution >= 4 is 15.5 Å². The van der Waals surface area contributed by atoms with Gasteiger partial charge in [0.1, 0.15) is 0 Å².